The molecule has 1 aromatic heterocycles. The van der Waals surface area contributed by atoms with Crippen LogP contribution in [0.15, 0.2) is 34.0 Å². The molecular formula is C18H19BrF3N3O2S. The standard InChI is InChI=1S/C18H19BrF3N3O2S/c1-24-15-13(27-2)7-5-11(16(15)28-17(24)18(20,21)22)12-6-8-14(26)25(23-12)10-4-3-9-19/h5-8,17H,3-4,9-10H2,1-2H3. The minimum atomic E-state index is -4.40. The van der Waals surface area contributed by atoms with E-state index in [4.69, 9.17) is 4.74 Å². The number of aryl methyl sites for hydroxylation is 1. The molecule has 0 fully saturated rings. The van der Waals surface area contributed by atoms with Gasteiger partial charge in [-0.1, -0.05) is 27.7 Å². The van der Waals surface area contributed by atoms with Gasteiger partial charge in [-0.3, -0.25) is 4.79 Å². The third kappa shape index (κ3) is 4.03. The van der Waals surface area contributed by atoms with Crippen molar-refractivity contribution in [2.75, 3.05) is 24.4 Å². The number of alkyl halides is 4. The maximum atomic E-state index is 13.5. The van der Waals surface area contributed by atoms with Crippen molar-refractivity contribution in [2.24, 2.45) is 0 Å². The van der Waals surface area contributed by atoms with E-state index >= 15 is 0 Å². The molecule has 0 saturated heterocycles. The van der Waals surface area contributed by atoms with Crippen molar-refractivity contribution in [3.63, 3.8) is 0 Å². The van der Waals surface area contributed by atoms with Crippen molar-refractivity contribution >= 4 is 33.4 Å². The Morgan fingerprint density at radius 3 is 2.64 bits per heavy atom. The number of unbranched alkanes of at least 4 members (excludes halogenated alkanes) is 1. The van der Waals surface area contributed by atoms with E-state index < -0.39 is 11.6 Å². The van der Waals surface area contributed by atoms with Crippen molar-refractivity contribution in [3.05, 3.63) is 34.6 Å². The molecule has 28 heavy (non-hydrogen) atoms. The number of thioether (sulfide) groups is 1. The first kappa shape index (κ1) is 21.0. The average molecular weight is 478 g/mol. The van der Waals surface area contributed by atoms with Crippen molar-refractivity contribution in [1.29, 1.82) is 0 Å². The van der Waals surface area contributed by atoms with Crippen LogP contribution in [0.25, 0.3) is 11.3 Å². The quantitative estimate of drug-likeness (QED) is 0.451. The molecule has 1 aromatic carbocycles. The van der Waals surface area contributed by atoms with Gasteiger partial charge in [-0.15, -0.1) is 0 Å². The summed E-state index contributed by atoms with van der Waals surface area (Å²) < 4.78 is 47.0. The molecule has 1 aliphatic rings. The number of hydrogen-bond donors (Lipinski definition) is 0. The Balaban J connectivity index is 2.06. The van der Waals surface area contributed by atoms with Crippen molar-refractivity contribution < 1.29 is 17.9 Å². The van der Waals surface area contributed by atoms with Crippen LogP contribution in [0, 0.1) is 0 Å². The summed E-state index contributed by atoms with van der Waals surface area (Å²) in [7, 11) is 2.83. The third-order valence-corrected chi connectivity index (χ3v) is 6.44. The highest BCUT2D eigenvalue weighted by Gasteiger charge is 2.49. The second-order valence-corrected chi connectivity index (χ2v) is 8.18. The van der Waals surface area contributed by atoms with E-state index in [1.165, 1.54) is 29.8 Å². The van der Waals surface area contributed by atoms with Gasteiger partial charge in [0.05, 0.1) is 18.5 Å². The second-order valence-electron chi connectivity index (χ2n) is 6.29. The molecule has 1 unspecified atom stereocenters. The molecule has 2 aromatic rings. The average Bonchev–Trinajstić information content (AvgIpc) is 3.01. The number of hydrogen-bond acceptors (Lipinski definition) is 5. The summed E-state index contributed by atoms with van der Waals surface area (Å²) in [5, 5.41) is 3.52. The summed E-state index contributed by atoms with van der Waals surface area (Å²) in [5.41, 5.74) is 1.15. The first-order chi connectivity index (χ1) is 13.3. The number of benzene rings is 1. The third-order valence-electron chi connectivity index (χ3n) is 4.42. The molecule has 0 bridgehead atoms. The molecule has 0 aliphatic carbocycles. The maximum absolute atomic E-state index is 13.5. The van der Waals surface area contributed by atoms with Crippen LogP contribution >= 0.6 is 27.7 Å². The lowest BCUT2D eigenvalue weighted by Crippen LogP contribution is -2.38. The predicted molar refractivity (Wildman–Crippen MR) is 108 cm³/mol. The van der Waals surface area contributed by atoms with E-state index in [1.807, 2.05) is 0 Å². The van der Waals surface area contributed by atoms with Gasteiger partial charge in [-0.2, -0.15) is 18.3 Å². The number of halogens is 4. The van der Waals surface area contributed by atoms with Gasteiger partial charge in [-0.25, -0.2) is 4.68 Å². The zero-order chi connectivity index (χ0) is 20.5. The molecule has 152 valence electrons. The van der Waals surface area contributed by atoms with E-state index in [-0.39, 0.29) is 5.56 Å². The molecule has 0 spiro atoms. The van der Waals surface area contributed by atoms with Gasteiger partial charge in [-0.05, 0) is 31.0 Å². The zero-order valence-electron chi connectivity index (χ0n) is 15.3. The van der Waals surface area contributed by atoms with Crippen LogP contribution in [0.1, 0.15) is 12.8 Å². The highest BCUT2D eigenvalue weighted by atomic mass is 79.9. The van der Waals surface area contributed by atoms with Crippen LogP contribution in [-0.4, -0.2) is 40.8 Å². The zero-order valence-corrected chi connectivity index (χ0v) is 17.7. The molecule has 3 rings (SSSR count). The van der Waals surface area contributed by atoms with E-state index in [2.05, 4.69) is 21.0 Å². The predicted octanol–water partition coefficient (Wildman–Crippen LogP) is 4.52. The SMILES string of the molecule is COc1ccc(-c2ccc(=O)n(CCCCBr)n2)c2c1N(C)C(C(F)(F)F)S2. The molecule has 0 saturated carbocycles. The fraction of sp³-hybridized carbons (Fsp3) is 0.444. The Bertz CT molecular complexity index is 920. The van der Waals surface area contributed by atoms with E-state index in [0.29, 0.717) is 34.1 Å². The van der Waals surface area contributed by atoms with E-state index in [9.17, 15) is 18.0 Å². The Morgan fingerprint density at radius 2 is 2.00 bits per heavy atom. The van der Waals surface area contributed by atoms with Crippen LogP contribution in [0.2, 0.25) is 0 Å². The summed E-state index contributed by atoms with van der Waals surface area (Å²) >= 11 is 4.07. The number of aromatic nitrogens is 2. The molecule has 2 heterocycles. The monoisotopic (exact) mass is 477 g/mol. The van der Waals surface area contributed by atoms with E-state index in [0.717, 1.165) is 29.9 Å². The molecule has 5 nitrogen and oxygen atoms in total. The Labute approximate surface area is 173 Å². The molecule has 10 heteroatoms. The number of rotatable bonds is 6. The van der Waals surface area contributed by atoms with Gasteiger partial charge < -0.3 is 9.64 Å². The largest absolute Gasteiger partial charge is 0.495 e. The van der Waals surface area contributed by atoms with Gasteiger partial charge in [0.1, 0.15) is 5.75 Å². The summed E-state index contributed by atoms with van der Waals surface area (Å²) in [6, 6.07) is 6.27. The number of ether oxygens (including phenoxy) is 1. The van der Waals surface area contributed by atoms with Crippen molar-refractivity contribution in [1.82, 2.24) is 9.78 Å². The molecule has 0 N–H and O–H groups in total. The molecule has 0 radical (unpaired) electrons. The summed E-state index contributed by atoms with van der Waals surface area (Å²) in [4.78, 5) is 13.7. The van der Waals surface area contributed by atoms with Crippen molar-refractivity contribution in [3.8, 4) is 17.0 Å². The van der Waals surface area contributed by atoms with Crippen LogP contribution in [0.4, 0.5) is 18.9 Å². The Morgan fingerprint density at radius 1 is 1.25 bits per heavy atom. The Hall–Kier alpha value is -1.68. The van der Waals surface area contributed by atoms with Crippen LogP contribution in [-0.2, 0) is 6.54 Å². The lowest BCUT2D eigenvalue weighted by Gasteiger charge is -2.24. The van der Waals surface area contributed by atoms with Crippen LogP contribution < -0.4 is 15.2 Å². The van der Waals surface area contributed by atoms with Gasteiger partial charge in [0.25, 0.3) is 5.56 Å². The smallest absolute Gasteiger partial charge is 0.418 e. The fourth-order valence-electron chi connectivity index (χ4n) is 3.08. The lowest BCUT2D eigenvalue weighted by molar-refractivity contribution is -0.127. The molecule has 1 aliphatic heterocycles. The lowest BCUT2D eigenvalue weighted by atomic mass is 10.1. The minimum absolute atomic E-state index is 0.235. The highest BCUT2D eigenvalue weighted by molar-refractivity contribution is 9.09. The highest BCUT2D eigenvalue weighted by Crippen LogP contribution is 2.55. The number of fused-ring (bicyclic) bond motifs is 1. The maximum Gasteiger partial charge on any atom is 0.418 e. The summed E-state index contributed by atoms with van der Waals surface area (Å²) in [6.07, 6.45) is -2.73. The van der Waals surface area contributed by atoms with Gasteiger partial charge in [0.15, 0.2) is 5.37 Å². The summed E-state index contributed by atoms with van der Waals surface area (Å²) in [6.45, 7) is 0.453. The van der Waals surface area contributed by atoms with Gasteiger partial charge in [0, 0.05) is 35.4 Å². The van der Waals surface area contributed by atoms with Gasteiger partial charge in [0.2, 0.25) is 0 Å². The molecule has 0 amide bonds. The van der Waals surface area contributed by atoms with E-state index in [1.54, 1.807) is 18.2 Å². The van der Waals surface area contributed by atoms with Crippen LogP contribution in [0.5, 0.6) is 5.75 Å². The normalized spacial score (nSPS) is 16.4. The van der Waals surface area contributed by atoms with Gasteiger partial charge >= 0.3 is 6.18 Å². The topological polar surface area (TPSA) is 47.4 Å². The van der Waals surface area contributed by atoms with Crippen molar-refractivity contribution in [2.45, 2.75) is 35.8 Å². The molecular weight excluding hydrogens is 459 g/mol. The van der Waals surface area contributed by atoms with Crippen LogP contribution in [0.3, 0.4) is 0 Å². The number of nitrogens with zero attached hydrogens (tertiary/aromatic N) is 3. The minimum Gasteiger partial charge on any atom is -0.495 e. The summed E-state index contributed by atoms with van der Waals surface area (Å²) in [5.74, 6) is 0.367. The number of methoxy groups -OCH3 is 1. The fourth-order valence-corrected chi connectivity index (χ4v) is 4.75. The first-order valence-electron chi connectivity index (χ1n) is 8.59. The first-order valence-corrected chi connectivity index (χ1v) is 10.6. The second kappa shape index (κ2) is 8.36. The number of anilines is 1. The molecule has 1 atom stereocenters. The Kier molecular flexibility index (Phi) is 6.28.